The van der Waals surface area contributed by atoms with E-state index < -0.39 is 18.2 Å². The van der Waals surface area contributed by atoms with Gasteiger partial charge in [-0.05, 0) is 89.9 Å². The molecule has 0 aromatic heterocycles. The molecule has 6 nitrogen and oxygen atoms in total. The summed E-state index contributed by atoms with van der Waals surface area (Å²) >= 11 is 0. The maximum Gasteiger partial charge on any atom is 0.306 e. The maximum atomic E-state index is 13.2. The van der Waals surface area contributed by atoms with Gasteiger partial charge in [0.1, 0.15) is 6.10 Å². The molecule has 0 spiro atoms. The van der Waals surface area contributed by atoms with Crippen LogP contribution in [0.4, 0.5) is 0 Å². The minimum atomic E-state index is -0.791. The third-order valence-corrected chi connectivity index (χ3v) is 12.1. The fourth-order valence-electron chi connectivity index (χ4n) is 8.02. The smallest absolute Gasteiger partial charge is 0.306 e. The van der Waals surface area contributed by atoms with E-state index in [2.05, 4.69) is 74.7 Å². The number of carbonyl (C=O) groups excluding carboxylic acids is 2. The van der Waals surface area contributed by atoms with Gasteiger partial charge >= 0.3 is 5.97 Å². The first kappa shape index (κ1) is 59.8. The van der Waals surface area contributed by atoms with E-state index in [9.17, 15) is 19.8 Å². The van der Waals surface area contributed by atoms with Crippen LogP contribution in [0.15, 0.2) is 48.6 Å². The van der Waals surface area contributed by atoms with Crippen molar-refractivity contribution in [3.05, 3.63) is 48.6 Å². The molecule has 0 aromatic carbocycles. The summed E-state index contributed by atoms with van der Waals surface area (Å²) in [5.41, 5.74) is 0. The van der Waals surface area contributed by atoms with E-state index in [4.69, 9.17) is 4.74 Å². The van der Waals surface area contributed by atoms with Gasteiger partial charge in [-0.3, -0.25) is 9.59 Å². The average Bonchev–Trinajstić information content (AvgIpc) is 3.26. The number of amides is 1. The molecular formula is C56H103NO5. The molecule has 0 aliphatic carbocycles. The van der Waals surface area contributed by atoms with Crippen molar-refractivity contribution < 1.29 is 24.5 Å². The first-order chi connectivity index (χ1) is 30.5. The van der Waals surface area contributed by atoms with Crippen LogP contribution in [0.3, 0.4) is 0 Å². The highest BCUT2D eigenvalue weighted by Gasteiger charge is 2.24. The van der Waals surface area contributed by atoms with Gasteiger partial charge in [0, 0.05) is 6.42 Å². The normalized spacial score (nSPS) is 13.6. The molecule has 362 valence electrons. The molecule has 0 heterocycles. The molecule has 1 amide bonds. The molecule has 62 heavy (non-hydrogen) atoms. The molecule has 3 N–H and O–H groups in total. The summed E-state index contributed by atoms with van der Waals surface area (Å²) in [6.45, 7) is 6.42. The second kappa shape index (κ2) is 49.8. The van der Waals surface area contributed by atoms with Gasteiger partial charge in [-0.2, -0.15) is 0 Å². The molecule has 3 atom stereocenters. The van der Waals surface area contributed by atoms with Crippen LogP contribution in [0.5, 0.6) is 0 Å². The first-order valence-corrected chi connectivity index (χ1v) is 26.9. The predicted molar refractivity (Wildman–Crippen MR) is 269 cm³/mol. The van der Waals surface area contributed by atoms with Gasteiger partial charge in [-0.1, -0.05) is 217 Å². The zero-order valence-electron chi connectivity index (χ0n) is 41.3. The van der Waals surface area contributed by atoms with E-state index in [1.807, 2.05) is 0 Å². The number of rotatable bonds is 48. The summed E-state index contributed by atoms with van der Waals surface area (Å²) in [5, 5.41) is 23.7. The maximum absolute atomic E-state index is 13.2. The van der Waals surface area contributed by atoms with Gasteiger partial charge in [-0.25, -0.2) is 0 Å². The lowest BCUT2D eigenvalue weighted by atomic mass is 10.0. The van der Waals surface area contributed by atoms with E-state index in [1.54, 1.807) is 0 Å². The van der Waals surface area contributed by atoms with Crippen molar-refractivity contribution in [3.63, 3.8) is 0 Å². The Kier molecular flexibility index (Phi) is 48.1. The second-order valence-corrected chi connectivity index (χ2v) is 18.3. The molecule has 0 aliphatic heterocycles. The molecule has 3 unspecified atom stereocenters. The Hall–Kier alpha value is -2.18. The van der Waals surface area contributed by atoms with Crippen LogP contribution in [-0.4, -0.2) is 46.9 Å². The fraction of sp³-hybridized carbons (Fsp3) is 0.821. The lowest BCUT2D eigenvalue weighted by molar-refractivity contribution is -0.151. The number of carbonyl (C=O) groups is 2. The lowest BCUT2D eigenvalue weighted by Crippen LogP contribution is -2.46. The predicted octanol–water partition coefficient (Wildman–Crippen LogP) is 16.2. The van der Waals surface area contributed by atoms with E-state index in [0.717, 1.165) is 77.0 Å². The molecule has 0 aliphatic rings. The van der Waals surface area contributed by atoms with Crippen molar-refractivity contribution >= 4 is 11.9 Å². The van der Waals surface area contributed by atoms with Crippen LogP contribution < -0.4 is 5.32 Å². The Labute approximate surface area is 385 Å². The van der Waals surface area contributed by atoms with Gasteiger partial charge in [0.25, 0.3) is 0 Å². The van der Waals surface area contributed by atoms with Crippen molar-refractivity contribution in [2.45, 2.75) is 289 Å². The van der Waals surface area contributed by atoms with Gasteiger partial charge in [-0.15, -0.1) is 0 Å². The molecule has 0 bridgehead atoms. The highest BCUT2D eigenvalue weighted by molar-refractivity contribution is 5.77. The van der Waals surface area contributed by atoms with Crippen molar-refractivity contribution in [2.75, 3.05) is 6.61 Å². The Bertz CT molecular complexity index is 1070. The van der Waals surface area contributed by atoms with Crippen LogP contribution in [0.25, 0.3) is 0 Å². The number of aliphatic hydroxyl groups is 2. The van der Waals surface area contributed by atoms with Crippen LogP contribution in [0.2, 0.25) is 0 Å². The quantitative estimate of drug-likeness (QED) is 0.0322. The molecule has 0 rings (SSSR count). The largest absolute Gasteiger partial charge is 0.462 e. The van der Waals surface area contributed by atoms with Crippen molar-refractivity contribution in [2.24, 2.45) is 0 Å². The van der Waals surface area contributed by atoms with E-state index in [1.165, 1.54) is 148 Å². The molecule has 0 fully saturated rings. The summed E-state index contributed by atoms with van der Waals surface area (Å²) in [6.07, 6.45) is 60.3. The number of hydrogen-bond acceptors (Lipinski definition) is 5. The Morgan fingerprint density at radius 1 is 0.468 bits per heavy atom. The van der Waals surface area contributed by atoms with Crippen LogP contribution >= 0.6 is 0 Å². The number of esters is 1. The number of ether oxygens (including phenoxy) is 1. The molecule has 0 saturated carbocycles. The molecule has 6 heteroatoms. The Morgan fingerprint density at radius 3 is 1.26 bits per heavy atom. The van der Waals surface area contributed by atoms with Crippen molar-refractivity contribution in [1.82, 2.24) is 5.32 Å². The van der Waals surface area contributed by atoms with Gasteiger partial charge in [0.2, 0.25) is 5.91 Å². The number of nitrogens with one attached hydrogen (secondary N) is 1. The highest BCUT2D eigenvalue weighted by Crippen LogP contribution is 2.18. The topological polar surface area (TPSA) is 95.9 Å². The van der Waals surface area contributed by atoms with Gasteiger partial charge in [0.15, 0.2) is 0 Å². The van der Waals surface area contributed by atoms with Crippen LogP contribution in [0, 0.1) is 0 Å². The molecule has 0 saturated heterocycles. The third-order valence-electron chi connectivity index (χ3n) is 12.1. The highest BCUT2D eigenvalue weighted by atomic mass is 16.5. The number of aliphatic hydroxyl groups excluding tert-OH is 2. The summed E-state index contributed by atoms with van der Waals surface area (Å²) < 4.78 is 5.94. The van der Waals surface area contributed by atoms with Gasteiger partial charge in [0.05, 0.1) is 25.2 Å². The van der Waals surface area contributed by atoms with Crippen molar-refractivity contribution in [1.29, 1.82) is 0 Å². The average molecular weight is 870 g/mol. The van der Waals surface area contributed by atoms with E-state index in [-0.39, 0.29) is 24.9 Å². The minimum absolute atomic E-state index is 0.0671. The van der Waals surface area contributed by atoms with Crippen LogP contribution in [-0.2, 0) is 14.3 Å². The van der Waals surface area contributed by atoms with Crippen molar-refractivity contribution in [3.8, 4) is 0 Å². The van der Waals surface area contributed by atoms with Gasteiger partial charge < -0.3 is 20.3 Å². The summed E-state index contributed by atoms with van der Waals surface area (Å²) in [7, 11) is 0. The first-order valence-electron chi connectivity index (χ1n) is 26.9. The minimum Gasteiger partial charge on any atom is -0.462 e. The summed E-state index contributed by atoms with van der Waals surface area (Å²) in [5.74, 6) is -0.487. The third kappa shape index (κ3) is 44.4. The SMILES string of the molecule is CCCCC/C=C\C/C=C\CCCCCCCCCCCC(=O)OC(CCCCCCC/C=C\C/C=C\CCCCC)CC(=O)NC(CO)C(O)CCCCCCCCCCC. The Morgan fingerprint density at radius 2 is 0.823 bits per heavy atom. The second-order valence-electron chi connectivity index (χ2n) is 18.3. The molecular weight excluding hydrogens is 767 g/mol. The number of hydrogen-bond donors (Lipinski definition) is 3. The fourth-order valence-corrected chi connectivity index (χ4v) is 8.02. The lowest BCUT2D eigenvalue weighted by Gasteiger charge is -2.24. The Balaban J connectivity index is 4.55. The molecule has 0 aromatic rings. The summed E-state index contributed by atoms with van der Waals surface area (Å²) in [6, 6.07) is -0.705. The molecule has 0 radical (unpaired) electrons. The standard InChI is InChI=1S/C56H103NO5/c1-4-7-10-13-16-19-21-23-25-26-27-28-30-32-34-37-40-43-46-49-56(61)62-52(47-44-41-38-36-33-31-29-24-22-20-17-14-11-8-5-2)50-55(60)57-53(51-58)54(59)48-45-42-39-35-18-15-12-9-6-3/h16-17,19-20,23-25,29,52-54,58-59H,4-15,18,21-22,26-28,30-51H2,1-3H3,(H,57,60)/b19-16-,20-17-,25-23-,29-24-. The van der Waals surface area contributed by atoms with E-state index in [0.29, 0.717) is 19.3 Å². The summed E-state index contributed by atoms with van der Waals surface area (Å²) in [4.78, 5) is 26.2. The van der Waals surface area contributed by atoms with E-state index >= 15 is 0 Å². The van der Waals surface area contributed by atoms with Crippen LogP contribution in [0.1, 0.15) is 271 Å². The number of allylic oxidation sites excluding steroid dienone is 8. The monoisotopic (exact) mass is 870 g/mol. The number of unbranched alkanes of at least 4 members (excludes halogenated alkanes) is 28. The zero-order valence-corrected chi connectivity index (χ0v) is 41.3. The zero-order chi connectivity index (χ0) is 45.2.